The highest BCUT2D eigenvalue weighted by Gasteiger charge is 2.67. The third kappa shape index (κ3) is 1.77. The average molecular weight is 332 g/mol. The smallest absolute Gasteiger partial charge is 0.325 e. The Labute approximate surface area is 140 Å². The summed E-state index contributed by atoms with van der Waals surface area (Å²) in [7, 11) is 3.19. The molecule has 1 unspecified atom stereocenters. The molecule has 1 saturated carbocycles. The molecule has 0 aromatic heterocycles. The Balaban J connectivity index is 1.87. The van der Waals surface area contributed by atoms with E-state index in [0.29, 0.717) is 12.0 Å². The van der Waals surface area contributed by atoms with Gasteiger partial charge >= 0.3 is 6.03 Å². The van der Waals surface area contributed by atoms with Gasteiger partial charge in [0, 0.05) is 19.6 Å². The quantitative estimate of drug-likeness (QED) is 0.803. The third-order valence-electron chi connectivity index (χ3n) is 6.25. The maximum Gasteiger partial charge on any atom is 0.325 e. The van der Waals surface area contributed by atoms with E-state index in [1.165, 1.54) is 19.2 Å². The van der Waals surface area contributed by atoms with Gasteiger partial charge < -0.3 is 10.1 Å². The fourth-order valence-corrected chi connectivity index (χ4v) is 4.95. The number of nitrogens with zero attached hydrogens (tertiary/aromatic N) is 1. The van der Waals surface area contributed by atoms with Crippen LogP contribution < -0.4 is 5.32 Å². The van der Waals surface area contributed by atoms with Gasteiger partial charge in [0.2, 0.25) is 0 Å². The number of hydrogen-bond acceptors (Lipinski definition) is 3. The van der Waals surface area contributed by atoms with Crippen molar-refractivity contribution in [2.45, 2.75) is 43.7 Å². The fraction of sp³-hybridized carbons (Fsp3) is 0.556. The van der Waals surface area contributed by atoms with Gasteiger partial charge in [-0.3, -0.25) is 9.69 Å². The molecule has 6 heteroatoms. The molecule has 3 amide bonds. The first kappa shape index (κ1) is 15.6. The first-order chi connectivity index (χ1) is 11.4. The maximum atomic E-state index is 13.9. The van der Waals surface area contributed by atoms with E-state index in [0.717, 1.165) is 36.1 Å². The number of likely N-dealkylation sites (N-methyl/N-ethyl adjacent to an activating group) is 1. The maximum absolute atomic E-state index is 13.9. The van der Waals surface area contributed by atoms with Gasteiger partial charge in [-0.15, -0.1) is 0 Å². The SMILES string of the molecule is COC1CCC2(CC1)Cc1ccc(F)cc1C21NC(=O)N(C)C1=O. The Bertz CT molecular complexity index is 727. The van der Waals surface area contributed by atoms with E-state index in [-0.39, 0.29) is 17.8 Å². The summed E-state index contributed by atoms with van der Waals surface area (Å²) in [6, 6.07) is 4.19. The topological polar surface area (TPSA) is 58.6 Å². The Hall–Kier alpha value is -1.95. The van der Waals surface area contributed by atoms with E-state index >= 15 is 0 Å². The number of benzene rings is 1. The zero-order chi connectivity index (χ0) is 17.1. The average Bonchev–Trinajstić information content (AvgIpc) is 2.97. The normalized spacial score (nSPS) is 35.0. The first-order valence-electron chi connectivity index (χ1n) is 8.35. The van der Waals surface area contributed by atoms with Gasteiger partial charge in [0.05, 0.1) is 6.10 Å². The summed E-state index contributed by atoms with van der Waals surface area (Å²) < 4.78 is 19.4. The molecule has 2 spiro atoms. The number of nitrogens with one attached hydrogen (secondary N) is 1. The Morgan fingerprint density at radius 2 is 2.00 bits per heavy atom. The minimum Gasteiger partial charge on any atom is -0.381 e. The summed E-state index contributed by atoms with van der Waals surface area (Å²) in [6.07, 6.45) is 4.06. The zero-order valence-corrected chi connectivity index (χ0v) is 13.9. The molecule has 2 fully saturated rings. The van der Waals surface area contributed by atoms with Crippen molar-refractivity contribution in [2.24, 2.45) is 5.41 Å². The number of carbonyl (C=O) groups is 2. The Morgan fingerprint density at radius 1 is 1.29 bits per heavy atom. The summed E-state index contributed by atoms with van der Waals surface area (Å²) in [4.78, 5) is 26.5. The number of methoxy groups -OCH3 is 1. The van der Waals surface area contributed by atoms with Crippen LogP contribution in [0.5, 0.6) is 0 Å². The molecule has 1 aliphatic heterocycles. The van der Waals surface area contributed by atoms with Crippen LogP contribution in [-0.2, 0) is 21.5 Å². The number of halogens is 1. The number of fused-ring (bicyclic) bond motifs is 3. The van der Waals surface area contributed by atoms with Crippen LogP contribution in [0.2, 0.25) is 0 Å². The van der Waals surface area contributed by atoms with Crippen LogP contribution >= 0.6 is 0 Å². The standard InChI is InChI=1S/C18H21FN2O3/c1-21-15(22)18(20-16(21)23)14-9-12(19)4-3-11(14)10-17(18)7-5-13(24-2)6-8-17/h3-4,9,13H,5-8,10H2,1-2H3,(H,20,23). The first-order valence-corrected chi connectivity index (χ1v) is 8.35. The van der Waals surface area contributed by atoms with Gasteiger partial charge in [0.15, 0.2) is 5.54 Å². The minimum atomic E-state index is -1.14. The monoisotopic (exact) mass is 332 g/mol. The summed E-state index contributed by atoms with van der Waals surface area (Å²) >= 11 is 0. The van der Waals surface area contributed by atoms with Crippen LogP contribution in [-0.4, -0.2) is 37.1 Å². The second-order valence-electron chi connectivity index (χ2n) is 7.24. The van der Waals surface area contributed by atoms with Crippen molar-refractivity contribution >= 4 is 11.9 Å². The van der Waals surface area contributed by atoms with Crippen molar-refractivity contribution in [3.63, 3.8) is 0 Å². The lowest BCUT2D eigenvalue weighted by Gasteiger charge is -2.46. The van der Waals surface area contributed by atoms with Crippen molar-refractivity contribution in [2.75, 3.05) is 14.2 Å². The third-order valence-corrected chi connectivity index (χ3v) is 6.25. The van der Waals surface area contributed by atoms with E-state index < -0.39 is 17.0 Å². The molecule has 128 valence electrons. The number of ether oxygens (including phenoxy) is 1. The van der Waals surface area contributed by atoms with Crippen LogP contribution in [0.3, 0.4) is 0 Å². The van der Waals surface area contributed by atoms with E-state index in [1.54, 1.807) is 13.2 Å². The van der Waals surface area contributed by atoms with Crippen LogP contribution in [0, 0.1) is 11.2 Å². The highest BCUT2D eigenvalue weighted by molar-refractivity contribution is 6.08. The number of rotatable bonds is 1. The van der Waals surface area contributed by atoms with E-state index in [9.17, 15) is 14.0 Å². The molecule has 3 aliphatic rings. The number of imide groups is 1. The molecule has 0 radical (unpaired) electrons. The lowest BCUT2D eigenvalue weighted by Crippen LogP contribution is -2.56. The molecule has 1 heterocycles. The van der Waals surface area contributed by atoms with Crippen molar-refractivity contribution < 1.29 is 18.7 Å². The second-order valence-corrected chi connectivity index (χ2v) is 7.24. The Kier molecular flexibility index (Phi) is 3.26. The molecule has 5 nitrogen and oxygen atoms in total. The van der Waals surface area contributed by atoms with Crippen molar-refractivity contribution in [3.8, 4) is 0 Å². The molecule has 1 atom stereocenters. The largest absolute Gasteiger partial charge is 0.381 e. The molecule has 1 aromatic rings. The van der Waals surface area contributed by atoms with Gasteiger partial charge in [-0.2, -0.15) is 0 Å². The predicted molar refractivity (Wildman–Crippen MR) is 84.8 cm³/mol. The van der Waals surface area contributed by atoms with Crippen LogP contribution in [0.25, 0.3) is 0 Å². The zero-order valence-electron chi connectivity index (χ0n) is 13.9. The number of hydrogen-bond donors (Lipinski definition) is 1. The van der Waals surface area contributed by atoms with Crippen LogP contribution in [0.4, 0.5) is 9.18 Å². The molecule has 1 aromatic carbocycles. The van der Waals surface area contributed by atoms with Crippen molar-refractivity contribution in [3.05, 3.63) is 35.1 Å². The lowest BCUT2D eigenvalue weighted by molar-refractivity contribution is -0.137. The molecular formula is C18H21FN2O3. The summed E-state index contributed by atoms with van der Waals surface area (Å²) in [5.74, 6) is -0.653. The molecule has 1 saturated heterocycles. The number of amides is 3. The molecule has 1 N–H and O–H groups in total. The summed E-state index contributed by atoms with van der Waals surface area (Å²) in [5.41, 5.74) is 0.0299. The fourth-order valence-electron chi connectivity index (χ4n) is 4.95. The highest BCUT2D eigenvalue weighted by Crippen LogP contribution is 2.59. The van der Waals surface area contributed by atoms with Gasteiger partial charge in [-0.25, -0.2) is 9.18 Å². The highest BCUT2D eigenvalue weighted by atomic mass is 19.1. The minimum absolute atomic E-state index is 0.179. The molecule has 2 aliphatic carbocycles. The summed E-state index contributed by atoms with van der Waals surface area (Å²) in [6.45, 7) is 0. The lowest BCUT2D eigenvalue weighted by atomic mass is 9.61. The predicted octanol–water partition coefficient (Wildman–Crippen LogP) is 2.33. The van der Waals surface area contributed by atoms with Crippen molar-refractivity contribution in [1.29, 1.82) is 0 Å². The summed E-state index contributed by atoms with van der Waals surface area (Å²) in [5, 5.41) is 2.94. The van der Waals surface area contributed by atoms with Gasteiger partial charge in [0.1, 0.15) is 5.82 Å². The molecule has 4 rings (SSSR count). The Morgan fingerprint density at radius 3 is 2.58 bits per heavy atom. The van der Waals surface area contributed by atoms with Gasteiger partial charge in [-0.1, -0.05) is 6.07 Å². The van der Waals surface area contributed by atoms with Crippen LogP contribution in [0.15, 0.2) is 18.2 Å². The number of urea groups is 1. The van der Waals surface area contributed by atoms with E-state index in [1.807, 2.05) is 0 Å². The van der Waals surface area contributed by atoms with Crippen molar-refractivity contribution in [1.82, 2.24) is 10.2 Å². The van der Waals surface area contributed by atoms with Gasteiger partial charge in [-0.05, 0) is 55.4 Å². The van der Waals surface area contributed by atoms with Gasteiger partial charge in [0.25, 0.3) is 5.91 Å². The second kappa shape index (κ2) is 5.02. The van der Waals surface area contributed by atoms with Crippen LogP contribution in [0.1, 0.15) is 36.8 Å². The number of carbonyl (C=O) groups excluding carboxylic acids is 2. The molecule has 24 heavy (non-hydrogen) atoms. The van der Waals surface area contributed by atoms with E-state index in [2.05, 4.69) is 5.32 Å². The molecule has 0 bridgehead atoms. The molecular weight excluding hydrogens is 311 g/mol. The van der Waals surface area contributed by atoms with E-state index in [4.69, 9.17) is 4.74 Å².